The Hall–Kier alpha value is -0.820. The predicted octanol–water partition coefficient (Wildman–Crippen LogP) is 2.00. The van der Waals surface area contributed by atoms with Gasteiger partial charge in [-0.05, 0) is 27.2 Å². The average molecular weight is 307 g/mol. The van der Waals surface area contributed by atoms with Crippen LogP contribution in [0.1, 0.15) is 41.0 Å². The molecule has 20 heavy (non-hydrogen) atoms. The number of piperidine rings is 1. The highest BCUT2D eigenvalue weighted by molar-refractivity contribution is 7.86. The van der Waals surface area contributed by atoms with Gasteiger partial charge in [-0.1, -0.05) is 13.8 Å². The van der Waals surface area contributed by atoms with Crippen LogP contribution in [0.25, 0.3) is 0 Å². The molecule has 1 aliphatic heterocycles. The van der Waals surface area contributed by atoms with Crippen LogP contribution in [0.2, 0.25) is 0 Å². The van der Waals surface area contributed by atoms with Gasteiger partial charge in [0.2, 0.25) is 0 Å². The molecule has 0 spiro atoms. The third-order valence-corrected chi connectivity index (χ3v) is 3.66. The van der Waals surface area contributed by atoms with E-state index in [-0.39, 0.29) is 6.09 Å². The first kappa shape index (κ1) is 17.2. The zero-order chi connectivity index (χ0) is 15.8. The van der Waals surface area contributed by atoms with Crippen LogP contribution < -0.4 is 0 Å². The number of carbonyl (C=O) groups is 1. The Morgan fingerprint density at radius 2 is 1.85 bits per heavy atom. The molecule has 6 nitrogen and oxygen atoms in total. The normalized spacial score (nSPS) is 23.5. The number of hydrogen-bond donors (Lipinski definition) is 0. The average Bonchev–Trinajstić information content (AvgIpc) is 2.16. The van der Waals surface area contributed by atoms with E-state index >= 15 is 0 Å². The molecule has 7 heteroatoms. The van der Waals surface area contributed by atoms with E-state index in [0.717, 1.165) is 6.26 Å². The number of likely N-dealkylation sites (tertiary alicyclic amines) is 1. The van der Waals surface area contributed by atoms with Gasteiger partial charge >= 0.3 is 6.09 Å². The second kappa shape index (κ2) is 5.52. The van der Waals surface area contributed by atoms with Crippen molar-refractivity contribution in [2.24, 2.45) is 5.41 Å². The van der Waals surface area contributed by atoms with Crippen LogP contribution in [0.5, 0.6) is 0 Å². The number of amides is 1. The van der Waals surface area contributed by atoms with Crippen molar-refractivity contribution in [2.75, 3.05) is 19.3 Å². The second-order valence-corrected chi connectivity index (χ2v) is 8.57. The smallest absolute Gasteiger partial charge is 0.410 e. The van der Waals surface area contributed by atoms with Crippen LogP contribution in [0.4, 0.5) is 4.79 Å². The first-order valence-electron chi connectivity index (χ1n) is 6.66. The first-order valence-corrected chi connectivity index (χ1v) is 8.48. The number of rotatable bonds is 2. The van der Waals surface area contributed by atoms with Crippen LogP contribution in [-0.2, 0) is 19.0 Å². The highest BCUT2D eigenvalue weighted by Crippen LogP contribution is 2.33. The van der Waals surface area contributed by atoms with Crippen LogP contribution in [-0.4, -0.2) is 50.5 Å². The third kappa shape index (κ3) is 5.28. The lowest BCUT2D eigenvalue weighted by atomic mass is 9.81. The molecule has 0 aromatic rings. The summed E-state index contributed by atoms with van der Waals surface area (Å²) in [7, 11) is -3.50. The summed E-state index contributed by atoms with van der Waals surface area (Å²) < 4.78 is 33.0. The lowest BCUT2D eigenvalue weighted by molar-refractivity contribution is -0.0256. The molecule has 1 amide bonds. The van der Waals surface area contributed by atoms with Crippen LogP contribution in [0.3, 0.4) is 0 Å². The summed E-state index contributed by atoms with van der Waals surface area (Å²) in [5, 5.41) is 0. The molecule has 1 unspecified atom stereocenters. The summed E-state index contributed by atoms with van der Waals surface area (Å²) in [6.45, 7) is 10.1. The standard InChI is InChI=1S/C13H25NO5S/c1-12(2,3)18-11(15)14-8-7-10(13(4,5)9-14)19-20(6,16)17/h10H,7-9H2,1-6H3. The molecular formula is C13H25NO5S. The van der Waals surface area contributed by atoms with Crippen molar-refractivity contribution in [1.82, 2.24) is 4.90 Å². The van der Waals surface area contributed by atoms with Crippen molar-refractivity contribution in [2.45, 2.75) is 52.7 Å². The van der Waals surface area contributed by atoms with Crippen LogP contribution in [0, 0.1) is 5.41 Å². The van der Waals surface area contributed by atoms with E-state index in [2.05, 4.69) is 0 Å². The van der Waals surface area contributed by atoms with E-state index in [4.69, 9.17) is 8.92 Å². The molecule has 1 aliphatic rings. The third-order valence-electron chi connectivity index (χ3n) is 3.07. The Labute approximate surface area is 121 Å². The quantitative estimate of drug-likeness (QED) is 0.730. The number of hydrogen-bond acceptors (Lipinski definition) is 5. The van der Waals surface area contributed by atoms with Gasteiger partial charge in [0, 0.05) is 18.5 Å². The molecule has 0 aromatic carbocycles. The predicted molar refractivity (Wildman–Crippen MR) is 75.9 cm³/mol. The molecule has 1 heterocycles. The lowest BCUT2D eigenvalue weighted by Gasteiger charge is -2.43. The number of carbonyl (C=O) groups excluding carboxylic acids is 1. The second-order valence-electron chi connectivity index (χ2n) is 6.97. The van der Waals surface area contributed by atoms with Crippen molar-refractivity contribution >= 4 is 16.2 Å². The summed E-state index contributed by atoms with van der Waals surface area (Å²) in [5.74, 6) is 0. The number of nitrogens with zero attached hydrogens (tertiary/aromatic N) is 1. The molecule has 0 radical (unpaired) electrons. The topological polar surface area (TPSA) is 72.9 Å². The molecule has 1 saturated heterocycles. The van der Waals surface area contributed by atoms with Gasteiger partial charge in [-0.15, -0.1) is 0 Å². The maximum atomic E-state index is 12.0. The van der Waals surface area contributed by atoms with Crippen molar-refractivity contribution < 1.29 is 22.1 Å². The molecule has 1 fully saturated rings. The molecule has 0 N–H and O–H groups in total. The Bertz CT molecular complexity index is 464. The first-order chi connectivity index (χ1) is 8.80. The fourth-order valence-electron chi connectivity index (χ4n) is 2.21. The van der Waals surface area contributed by atoms with Gasteiger partial charge in [0.25, 0.3) is 10.1 Å². The highest BCUT2D eigenvalue weighted by Gasteiger charge is 2.41. The number of ether oxygens (including phenoxy) is 1. The summed E-state index contributed by atoms with van der Waals surface area (Å²) in [5.41, 5.74) is -0.987. The fraction of sp³-hybridized carbons (Fsp3) is 0.923. The maximum Gasteiger partial charge on any atom is 0.410 e. The molecule has 1 rings (SSSR count). The summed E-state index contributed by atoms with van der Waals surface area (Å²) in [6.07, 6.45) is 0.724. The van der Waals surface area contributed by atoms with Crippen LogP contribution >= 0.6 is 0 Å². The Balaban J connectivity index is 2.71. The Kier molecular flexibility index (Phi) is 4.76. The fourth-order valence-corrected chi connectivity index (χ4v) is 2.99. The van der Waals surface area contributed by atoms with Crippen molar-refractivity contribution in [3.8, 4) is 0 Å². The Morgan fingerprint density at radius 3 is 2.25 bits per heavy atom. The molecule has 0 aliphatic carbocycles. The van der Waals surface area contributed by atoms with E-state index in [1.54, 1.807) is 4.90 Å². The van der Waals surface area contributed by atoms with Crippen molar-refractivity contribution in [1.29, 1.82) is 0 Å². The van der Waals surface area contributed by atoms with Gasteiger partial charge in [0.05, 0.1) is 12.4 Å². The molecule has 0 bridgehead atoms. The summed E-state index contributed by atoms with van der Waals surface area (Å²) in [6, 6.07) is 0. The summed E-state index contributed by atoms with van der Waals surface area (Å²) in [4.78, 5) is 13.6. The van der Waals surface area contributed by atoms with E-state index in [9.17, 15) is 13.2 Å². The van der Waals surface area contributed by atoms with Gasteiger partial charge < -0.3 is 9.64 Å². The van der Waals surface area contributed by atoms with Crippen LogP contribution in [0.15, 0.2) is 0 Å². The SMILES string of the molecule is CC(C)(C)OC(=O)N1CCC(OS(C)(=O)=O)C(C)(C)C1. The largest absolute Gasteiger partial charge is 0.444 e. The van der Waals surface area contributed by atoms with Gasteiger partial charge in [0.15, 0.2) is 0 Å². The zero-order valence-corrected chi connectivity index (χ0v) is 13.9. The van der Waals surface area contributed by atoms with E-state index in [1.165, 1.54) is 0 Å². The van der Waals surface area contributed by atoms with Gasteiger partial charge in [-0.2, -0.15) is 8.42 Å². The summed E-state index contributed by atoms with van der Waals surface area (Å²) >= 11 is 0. The lowest BCUT2D eigenvalue weighted by Crippen LogP contribution is -2.52. The maximum absolute atomic E-state index is 12.0. The van der Waals surface area contributed by atoms with E-state index in [1.807, 2.05) is 34.6 Å². The zero-order valence-electron chi connectivity index (χ0n) is 13.1. The van der Waals surface area contributed by atoms with Gasteiger partial charge in [-0.25, -0.2) is 4.79 Å². The molecular weight excluding hydrogens is 282 g/mol. The Morgan fingerprint density at radius 1 is 1.30 bits per heavy atom. The highest BCUT2D eigenvalue weighted by atomic mass is 32.2. The molecule has 118 valence electrons. The monoisotopic (exact) mass is 307 g/mol. The van der Waals surface area contributed by atoms with E-state index in [0.29, 0.717) is 19.5 Å². The van der Waals surface area contributed by atoms with Crippen molar-refractivity contribution in [3.05, 3.63) is 0 Å². The molecule has 0 saturated carbocycles. The van der Waals surface area contributed by atoms with Gasteiger partial charge in [0.1, 0.15) is 5.60 Å². The van der Waals surface area contributed by atoms with Gasteiger partial charge in [-0.3, -0.25) is 4.18 Å². The molecule has 1 atom stereocenters. The molecule has 0 aromatic heterocycles. The van der Waals surface area contributed by atoms with E-state index < -0.39 is 27.2 Å². The minimum Gasteiger partial charge on any atom is -0.444 e. The van der Waals surface area contributed by atoms with Crippen molar-refractivity contribution in [3.63, 3.8) is 0 Å². The minimum absolute atomic E-state index is 0.372. The minimum atomic E-state index is -3.50.